The van der Waals surface area contributed by atoms with Gasteiger partial charge in [-0.05, 0) is 37.0 Å². The Hall–Kier alpha value is -0.530. The van der Waals surface area contributed by atoms with Crippen LogP contribution >= 0.6 is 11.6 Å². The molecule has 0 aliphatic carbocycles. The van der Waals surface area contributed by atoms with Crippen LogP contribution in [0, 0.1) is 6.92 Å². The van der Waals surface area contributed by atoms with Crippen molar-refractivity contribution in [3.63, 3.8) is 0 Å². The first kappa shape index (κ1) is 16.5. The summed E-state index contributed by atoms with van der Waals surface area (Å²) in [5.41, 5.74) is 2.23. The molecule has 0 heterocycles. The normalized spacial score (nSPS) is 12.6. The van der Waals surface area contributed by atoms with Crippen molar-refractivity contribution >= 4 is 11.6 Å². The highest BCUT2D eigenvalue weighted by molar-refractivity contribution is 6.31. The zero-order valence-corrected chi connectivity index (χ0v) is 13.0. The van der Waals surface area contributed by atoms with E-state index in [1.54, 1.807) is 0 Å². The molecular formula is C17H27ClO. The topological polar surface area (TPSA) is 20.2 Å². The third-order valence-electron chi connectivity index (χ3n) is 3.56. The van der Waals surface area contributed by atoms with E-state index in [9.17, 15) is 5.11 Å². The summed E-state index contributed by atoms with van der Waals surface area (Å²) in [4.78, 5) is 0. The van der Waals surface area contributed by atoms with Crippen molar-refractivity contribution in [3.05, 3.63) is 34.3 Å². The minimum Gasteiger partial charge on any atom is -0.393 e. The van der Waals surface area contributed by atoms with Crippen LogP contribution in [0.2, 0.25) is 5.02 Å². The average Bonchev–Trinajstić information content (AvgIpc) is 2.37. The molecule has 1 nitrogen and oxygen atoms in total. The number of hydrogen-bond acceptors (Lipinski definition) is 1. The van der Waals surface area contributed by atoms with E-state index in [0.717, 1.165) is 23.4 Å². The number of rotatable bonds is 9. The Labute approximate surface area is 123 Å². The molecule has 108 valence electrons. The molecular weight excluding hydrogens is 256 g/mol. The second-order valence-corrected chi connectivity index (χ2v) is 5.92. The van der Waals surface area contributed by atoms with Gasteiger partial charge in [0.1, 0.15) is 0 Å². The highest BCUT2D eigenvalue weighted by Crippen LogP contribution is 2.20. The lowest BCUT2D eigenvalue weighted by molar-refractivity contribution is 0.161. The fourth-order valence-corrected chi connectivity index (χ4v) is 2.65. The molecule has 1 aromatic rings. The number of benzene rings is 1. The van der Waals surface area contributed by atoms with Gasteiger partial charge in [0.05, 0.1) is 6.10 Å². The molecule has 1 rings (SSSR count). The number of hydrogen-bond donors (Lipinski definition) is 1. The zero-order chi connectivity index (χ0) is 14.1. The monoisotopic (exact) mass is 282 g/mol. The Morgan fingerprint density at radius 1 is 1.11 bits per heavy atom. The lowest BCUT2D eigenvalue weighted by Crippen LogP contribution is -2.10. The molecule has 0 fully saturated rings. The minimum atomic E-state index is -0.258. The van der Waals surface area contributed by atoms with Gasteiger partial charge in [0.2, 0.25) is 0 Å². The van der Waals surface area contributed by atoms with Crippen LogP contribution in [0.3, 0.4) is 0 Å². The van der Waals surface area contributed by atoms with Gasteiger partial charge in [-0.3, -0.25) is 0 Å². The smallest absolute Gasteiger partial charge is 0.0581 e. The Bertz CT molecular complexity index is 362. The maximum Gasteiger partial charge on any atom is 0.0581 e. The molecule has 0 aliphatic rings. The lowest BCUT2D eigenvalue weighted by Gasteiger charge is -2.12. The zero-order valence-electron chi connectivity index (χ0n) is 12.3. The van der Waals surface area contributed by atoms with Gasteiger partial charge in [-0.15, -0.1) is 0 Å². The summed E-state index contributed by atoms with van der Waals surface area (Å²) < 4.78 is 0. The number of halogens is 1. The van der Waals surface area contributed by atoms with Crippen molar-refractivity contribution in [1.82, 2.24) is 0 Å². The van der Waals surface area contributed by atoms with Crippen LogP contribution in [-0.4, -0.2) is 11.2 Å². The van der Waals surface area contributed by atoms with Gasteiger partial charge in [0.25, 0.3) is 0 Å². The lowest BCUT2D eigenvalue weighted by atomic mass is 10.0. The van der Waals surface area contributed by atoms with Gasteiger partial charge < -0.3 is 5.11 Å². The van der Waals surface area contributed by atoms with E-state index in [0.29, 0.717) is 6.42 Å². The summed E-state index contributed by atoms with van der Waals surface area (Å²) in [6.45, 7) is 4.26. The molecule has 1 aromatic carbocycles. The molecule has 2 heteroatoms. The summed E-state index contributed by atoms with van der Waals surface area (Å²) in [6, 6.07) is 6.05. The summed E-state index contributed by atoms with van der Waals surface area (Å²) in [6.07, 6.45) is 8.90. The molecule has 0 saturated carbocycles. The molecule has 1 N–H and O–H groups in total. The Kier molecular flexibility index (Phi) is 8.16. The Morgan fingerprint density at radius 3 is 2.47 bits per heavy atom. The highest BCUT2D eigenvalue weighted by Gasteiger charge is 2.08. The molecule has 19 heavy (non-hydrogen) atoms. The summed E-state index contributed by atoms with van der Waals surface area (Å²) in [5, 5.41) is 10.8. The highest BCUT2D eigenvalue weighted by atomic mass is 35.5. The van der Waals surface area contributed by atoms with E-state index in [4.69, 9.17) is 11.6 Å². The van der Waals surface area contributed by atoms with Gasteiger partial charge in [-0.2, -0.15) is 0 Å². The predicted molar refractivity (Wildman–Crippen MR) is 83.9 cm³/mol. The van der Waals surface area contributed by atoms with Gasteiger partial charge in [0.15, 0.2) is 0 Å². The van der Waals surface area contributed by atoms with Gasteiger partial charge in [-0.1, -0.05) is 69.2 Å². The second kappa shape index (κ2) is 9.39. The molecule has 1 unspecified atom stereocenters. The number of unbranched alkanes of at least 4 members (excludes halogenated alkanes) is 5. The van der Waals surface area contributed by atoms with Crippen LogP contribution in [-0.2, 0) is 6.42 Å². The number of aliphatic hydroxyl groups is 1. The fraction of sp³-hybridized carbons (Fsp3) is 0.647. The van der Waals surface area contributed by atoms with Crippen LogP contribution in [0.5, 0.6) is 0 Å². The third-order valence-corrected chi connectivity index (χ3v) is 3.91. The molecule has 0 aliphatic heterocycles. The molecule has 0 saturated heterocycles. The van der Waals surface area contributed by atoms with E-state index < -0.39 is 0 Å². The van der Waals surface area contributed by atoms with Crippen LogP contribution in [0.15, 0.2) is 18.2 Å². The molecule has 0 bridgehead atoms. The number of aryl methyl sites for hydroxylation is 1. The van der Waals surface area contributed by atoms with Crippen LogP contribution in [0.1, 0.15) is 63.0 Å². The molecule has 1 atom stereocenters. The summed E-state index contributed by atoms with van der Waals surface area (Å²) in [7, 11) is 0. The maximum atomic E-state index is 10.0. The molecule has 0 aromatic heterocycles. The second-order valence-electron chi connectivity index (χ2n) is 5.51. The average molecular weight is 283 g/mol. The van der Waals surface area contributed by atoms with Crippen molar-refractivity contribution in [2.24, 2.45) is 0 Å². The summed E-state index contributed by atoms with van der Waals surface area (Å²) in [5.74, 6) is 0. The van der Waals surface area contributed by atoms with Gasteiger partial charge in [-0.25, -0.2) is 0 Å². The van der Waals surface area contributed by atoms with Crippen molar-refractivity contribution < 1.29 is 5.11 Å². The number of aliphatic hydroxyl groups excluding tert-OH is 1. The van der Waals surface area contributed by atoms with Crippen LogP contribution in [0.4, 0.5) is 0 Å². The van der Waals surface area contributed by atoms with Crippen molar-refractivity contribution in [3.8, 4) is 0 Å². The van der Waals surface area contributed by atoms with Crippen LogP contribution in [0.25, 0.3) is 0 Å². The Morgan fingerprint density at radius 2 is 1.79 bits per heavy atom. The van der Waals surface area contributed by atoms with E-state index in [1.807, 2.05) is 19.1 Å². The molecule has 0 spiro atoms. The molecule has 0 radical (unpaired) electrons. The maximum absolute atomic E-state index is 10.0. The minimum absolute atomic E-state index is 0.258. The fourth-order valence-electron chi connectivity index (χ4n) is 2.33. The van der Waals surface area contributed by atoms with Gasteiger partial charge >= 0.3 is 0 Å². The van der Waals surface area contributed by atoms with Crippen LogP contribution < -0.4 is 0 Å². The van der Waals surface area contributed by atoms with Gasteiger partial charge in [0, 0.05) is 5.02 Å². The van der Waals surface area contributed by atoms with Crippen molar-refractivity contribution in [2.45, 2.75) is 71.3 Å². The van der Waals surface area contributed by atoms with E-state index in [2.05, 4.69) is 13.0 Å². The van der Waals surface area contributed by atoms with Crippen molar-refractivity contribution in [1.29, 1.82) is 0 Å². The predicted octanol–water partition coefficient (Wildman–Crippen LogP) is 5.30. The van der Waals surface area contributed by atoms with Crippen molar-refractivity contribution in [2.75, 3.05) is 0 Å². The molecule has 0 amide bonds. The van der Waals surface area contributed by atoms with E-state index in [-0.39, 0.29) is 6.10 Å². The first-order valence-corrected chi connectivity index (χ1v) is 7.94. The van der Waals surface area contributed by atoms with E-state index >= 15 is 0 Å². The van der Waals surface area contributed by atoms with E-state index in [1.165, 1.54) is 37.7 Å². The first-order valence-electron chi connectivity index (χ1n) is 7.56. The first-order chi connectivity index (χ1) is 9.13. The third kappa shape index (κ3) is 6.98. The standard InChI is InChI=1S/C17H27ClO/c1-3-4-5-6-7-8-9-16(19)13-15-11-10-14(2)12-17(15)18/h10-12,16,19H,3-9,13H2,1-2H3. The quantitative estimate of drug-likeness (QED) is 0.609. The SMILES string of the molecule is CCCCCCCCC(O)Cc1ccc(C)cc1Cl. The summed E-state index contributed by atoms with van der Waals surface area (Å²) >= 11 is 6.18. The Balaban J connectivity index is 2.21. The largest absolute Gasteiger partial charge is 0.393 e.